The molecule has 0 unspecified atom stereocenters. The molecule has 1 aromatic heterocycles. The summed E-state index contributed by atoms with van der Waals surface area (Å²) in [6.07, 6.45) is -0.763. The number of aromatic nitrogens is 1. The standard InChI is InChI=1S/C35H30N2/c1-22-20-21-32(24(3)23(22)2)36-25(4)37-33-18-10-9-16-30(33)28-14-7-5-12-26(28)27-13-6-8-15-29(27)31-17-11-19-34(36)35(31)37/h5-21,25H,1-4H3/t25-/m1/s1/i5D,6D,7D,8D,9D,10D,11D,12D,13D,14D,15D,17D,18D. The largest absolute Gasteiger partial charge is 0.318 e. The first kappa shape index (κ1) is 12.3. The molecule has 0 aliphatic carbocycles. The molecule has 0 N–H and O–H groups in total. The molecule has 2 heterocycles. The quantitative estimate of drug-likeness (QED) is 0.222. The van der Waals surface area contributed by atoms with E-state index in [2.05, 4.69) is 0 Å². The normalized spacial score (nSPS) is 19.6. The van der Waals surface area contributed by atoms with Crippen molar-refractivity contribution in [2.24, 2.45) is 0 Å². The summed E-state index contributed by atoms with van der Waals surface area (Å²) in [5.74, 6) is 0. The summed E-state index contributed by atoms with van der Waals surface area (Å²) in [6, 6.07) is -0.310. The molecule has 6 aromatic rings. The van der Waals surface area contributed by atoms with Crippen LogP contribution in [0.3, 0.4) is 0 Å². The Morgan fingerprint density at radius 2 is 1.16 bits per heavy atom. The van der Waals surface area contributed by atoms with Gasteiger partial charge >= 0.3 is 0 Å². The number of benzene rings is 5. The summed E-state index contributed by atoms with van der Waals surface area (Å²) >= 11 is 0. The highest BCUT2D eigenvalue weighted by molar-refractivity contribution is 6.21. The Morgan fingerprint density at radius 3 is 1.86 bits per heavy atom. The highest BCUT2D eigenvalue weighted by Crippen LogP contribution is 2.47. The van der Waals surface area contributed by atoms with Gasteiger partial charge in [-0.05, 0) is 84.1 Å². The Balaban J connectivity index is 2.01. The Labute approximate surface area is 236 Å². The van der Waals surface area contributed by atoms with Crippen LogP contribution in [0.15, 0.2) is 103 Å². The maximum Gasteiger partial charge on any atom is 0.108 e. The van der Waals surface area contributed by atoms with Crippen molar-refractivity contribution in [2.75, 3.05) is 4.90 Å². The molecule has 0 saturated carbocycles. The van der Waals surface area contributed by atoms with Crippen LogP contribution in [-0.2, 0) is 0 Å². The Hall–Kier alpha value is -4.30. The van der Waals surface area contributed by atoms with Crippen molar-refractivity contribution in [3.05, 3.63) is 120 Å². The van der Waals surface area contributed by atoms with Gasteiger partial charge in [0.05, 0.1) is 34.5 Å². The van der Waals surface area contributed by atoms with E-state index in [1.807, 2.05) is 44.7 Å². The van der Waals surface area contributed by atoms with Gasteiger partial charge in [0, 0.05) is 16.5 Å². The molecule has 37 heavy (non-hydrogen) atoms. The van der Waals surface area contributed by atoms with Crippen LogP contribution in [0, 0.1) is 20.8 Å². The van der Waals surface area contributed by atoms with Crippen LogP contribution in [0.2, 0.25) is 0 Å². The molecule has 1 aliphatic heterocycles. The second kappa shape index (κ2) is 8.11. The lowest BCUT2D eigenvalue weighted by atomic mass is 10.0. The van der Waals surface area contributed by atoms with Gasteiger partial charge in [0.15, 0.2) is 0 Å². The van der Waals surface area contributed by atoms with E-state index >= 15 is 0 Å². The van der Waals surface area contributed by atoms with Crippen molar-refractivity contribution in [2.45, 2.75) is 33.9 Å². The average molecular weight is 492 g/mol. The van der Waals surface area contributed by atoms with Gasteiger partial charge in [-0.15, -0.1) is 0 Å². The van der Waals surface area contributed by atoms with Gasteiger partial charge in [0.25, 0.3) is 0 Å². The topological polar surface area (TPSA) is 8.17 Å². The first-order chi connectivity index (χ1) is 23.4. The fourth-order valence-electron chi connectivity index (χ4n) is 5.49. The summed E-state index contributed by atoms with van der Waals surface area (Å²) in [5, 5.41) is -1.13. The predicted molar refractivity (Wildman–Crippen MR) is 160 cm³/mol. The molecule has 2 heteroatoms. The van der Waals surface area contributed by atoms with E-state index in [9.17, 15) is 4.11 Å². The van der Waals surface area contributed by atoms with E-state index in [1.54, 1.807) is 4.57 Å². The molecule has 7 rings (SSSR count). The lowest BCUT2D eigenvalue weighted by molar-refractivity contribution is 0.616. The van der Waals surface area contributed by atoms with Gasteiger partial charge in [0.2, 0.25) is 0 Å². The number of para-hydroxylation sites is 2. The maximum atomic E-state index is 9.31. The average Bonchev–Trinajstić information content (AvgIpc) is 3.37. The minimum Gasteiger partial charge on any atom is -0.318 e. The molecule has 2 nitrogen and oxygen atoms in total. The van der Waals surface area contributed by atoms with Crippen LogP contribution in [-0.4, -0.2) is 4.57 Å². The van der Waals surface area contributed by atoms with Crippen LogP contribution in [0.1, 0.15) is 47.6 Å². The Bertz CT molecular complexity index is 2640. The monoisotopic (exact) mass is 491 g/mol. The molecular weight excluding hydrogens is 448 g/mol. The zero-order valence-electron chi connectivity index (χ0n) is 33.8. The first-order valence-corrected chi connectivity index (χ1v) is 12.1. The fourth-order valence-corrected chi connectivity index (χ4v) is 5.49. The number of fused-ring (bicyclic) bond motifs is 7. The molecule has 1 aliphatic rings. The third-order valence-electron chi connectivity index (χ3n) is 7.53. The SMILES string of the molecule is [2H]c1cc2c3c([2H])c([2H])c([2H])c([2H])c3c3c([2H])c([2H])c([2H])c([2H])c3c3c([2H])c([2H])cc4c3n(c2c([2H])c1[2H])[C@H](C)N4c1ccc(C)c(C)c1C. The molecule has 0 spiro atoms. The Kier molecular flexibility index (Phi) is 2.69. The highest BCUT2D eigenvalue weighted by atomic mass is 15.3. The van der Waals surface area contributed by atoms with Crippen LogP contribution < -0.4 is 4.90 Å². The van der Waals surface area contributed by atoms with E-state index in [4.69, 9.17) is 13.7 Å². The van der Waals surface area contributed by atoms with Crippen LogP contribution >= 0.6 is 0 Å². The lowest BCUT2D eigenvalue weighted by Crippen LogP contribution is -2.21. The second-order valence-electron chi connectivity index (χ2n) is 9.35. The molecular formula is C35H30N2. The molecule has 1 atom stereocenters. The summed E-state index contributed by atoms with van der Waals surface area (Å²) in [7, 11) is 0. The van der Waals surface area contributed by atoms with Crippen molar-refractivity contribution < 1.29 is 17.8 Å². The zero-order valence-corrected chi connectivity index (χ0v) is 20.8. The summed E-state index contributed by atoms with van der Waals surface area (Å²) < 4.78 is 118. The molecule has 0 bridgehead atoms. The van der Waals surface area contributed by atoms with Crippen molar-refractivity contribution >= 4 is 54.7 Å². The van der Waals surface area contributed by atoms with E-state index in [0.29, 0.717) is 5.69 Å². The molecule has 0 fully saturated rings. The molecule has 0 saturated heterocycles. The number of aryl methyl sites for hydroxylation is 1. The molecule has 5 aromatic carbocycles. The van der Waals surface area contributed by atoms with E-state index in [1.165, 1.54) is 12.1 Å². The fraction of sp³-hybridized carbons (Fsp3) is 0.143. The first-order valence-electron chi connectivity index (χ1n) is 18.6. The zero-order chi connectivity index (χ0) is 36.6. The number of hydrogen-bond donors (Lipinski definition) is 0. The van der Waals surface area contributed by atoms with Gasteiger partial charge in [-0.2, -0.15) is 0 Å². The van der Waals surface area contributed by atoms with Crippen molar-refractivity contribution in [1.29, 1.82) is 0 Å². The minimum atomic E-state index is -0.763. The highest BCUT2D eigenvalue weighted by Gasteiger charge is 2.30. The van der Waals surface area contributed by atoms with Crippen molar-refractivity contribution in [1.82, 2.24) is 4.57 Å². The smallest absolute Gasteiger partial charge is 0.108 e. The Morgan fingerprint density at radius 1 is 0.568 bits per heavy atom. The van der Waals surface area contributed by atoms with Gasteiger partial charge in [-0.3, -0.25) is 0 Å². The van der Waals surface area contributed by atoms with Crippen LogP contribution in [0.5, 0.6) is 0 Å². The number of nitrogens with zero attached hydrogens (tertiary/aromatic N) is 2. The number of rotatable bonds is 1. The van der Waals surface area contributed by atoms with Crippen LogP contribution in [0.4, 0.5) is 11.4 Å². The summed E-state index contributed by atoms with van der Waals surface area (Å²) in [4.78, 5) is 1.91. The summed E-state index contributed by atoms with van der Waals surface area (Å²) in [6.45, 7) is 7.73. The van der Waals surface area contributed by atoms with E-state index in [-0.39, 0.29) is 49.4 Å². The van der Waals surface area contributed by atoms with E-state index < -0.39 is 78.7 Å². The van der Waals surface area contributed by atoms with Gasteiger partial charge in [-0.25, -0.2) is 0 Å². The third kappa shape index (κ3) is 3.05. The minimum absolute atomic E-state index is 0.00328. The number of anilines is 2. The van der Waals surface area contributed by atoms with Gasteiger partial charge < -0.3 is 9.47 Å². The molecule has 180 valence electrons. The number of hydrogen-bond acceptors (Lipinski definition) is 1. The van der Waals surface area contributed by atoms with Crippen molar-refractivity contribution in [3.8, 4) is 0 Å². The van der Waals surface area contributed by atoms with Crippen LogP contribution in [0.25, 0.3) is 43.4 Å². The molecule has 0 radical (unpaired) electrons. The second-order valence-corrected chi connectivity index (χ2v) is 9.35. The van der Waals surface area contributed by atoms with Gasteiger partial charge in [0.1, 0.15) is 6.17 Å². The van der Waals surface area contributed by atoms with Gasteiger partial charge in [-0.1, -0.05) is 84.6 Å². The van der Waals surface area contributed by atoms with E-state index in [0.717, 1.165) is 22.4 Å². The predicted octanol–water partition coefficient (Wildman–Crippen LogP) is 9.82. The molecule has 0 amide bonds. The lowest BCUT2D eigenvalue weighted by Gasteiger charge is -2.29. The third-order valence-corrected chi connectivity index (χ3v) is 7.53. The van der Waals surface area contributed by atoms with Crippen molar-refractivity contribution in [3.63, 3.8) is 0 Å². The summed E-state index contributed by atoms with van der Waals surface area (Å²) in [5.41, 5.74) is 4.29. The maximum absolute atomic E-state index is 9.31.